The Kier molecular flexibility index (Phi) is 2.99. The van der Waals surface area contributed by atoms with Crippen molar-refractivity contribution in [3.8, 4) is 0 Å². The van der Waals surface area contributed by atoms with Gasteiger partial charge in [0.2, 0.25) is 5.91 Å². The molecule has 1 heterocycles. The molecule has 0 radical (unpaired) electrons. The molecule has 1 aromatic carbocycles. The van der Waals surface area contributed by atoms with Crippen molar-refractivity contribution in [2.45, 2.75) is 18.1 Å². The average Bonchev–Trinajstić information content (AvgIpc) is 2.34. The predicted octanol–water partition coefficient (Wildman–Crippen LogP) is 2.27. The maximum Gasteiger partial charge on any atom is 0.236 e. The zero-order valence-corrected chi connectivity index (χ0v) is 9.08. The smallest absolute Gasteiger partial charge is 0.236 e. The van der Waals surface area contributed by atoms with Crippen LogP contribution in [0.1, 0.15) is 5.56 Å². The van der Waals surface area contributed by atoms with Gasteiger partial charge in [0.25, 0.3) is 0 Å². The Hall–Kier alpha value is -1.71. The molecule has 1 aliphatic heterocycles. The summed E-state index contributed by atoms with van der Waals surface area (Å²) in [5, 5.41) is 3.34. The number of benzene rings is 1. The second-order valence-corrected chi connectivity index (χ2v) is 3.92. The van der Waals surface area contributed by atoms with Crippen molar-refractivity contribution < 1.29 is 4.79 Å². The number of carbonyl (C=O) groups excluding carboxylic acids is 1. The minimum atomic E-state index is -0.754. The number of likely N-dealkylation sites (tertiary alicyclic amines) is 1. The molecule has 1 amide bonds. The quantitative estimate of drug-likeness (QED) is 0.198. The van der Waals surface area contributed by atoms with Gasteiger partial charge in [-0.1, -0.05) is 47.0 Å². The lowest BCUT2D eigenvalue weighted by atomic mass is 10.1. The first kappa shape index (κ1) is 10.8. The molecule has 0 bridgehead atoms. The molecule has 0 N–H and O–H groups in total. The van der Waals surface area contributed by atoms with Crippen molar-refractivity contribution in [3.05, 3.63) is 46.3 Å². The highest BCUT2D eigenvalue weighted by Gasteiger charge is 2.45. The van der Waals surface area contributed by atoms with Crippen molar-refractivity contribution >= 4 is 17.5 Å². The molecule has 5 nitrogen and oxygen atoms in total. The second kappa shape index (κ2) is 4.43. The molecule has 1 aromatic rings. The fraction of sp³-hybridized carbons (Fsp3) is 0.300. The summed E-state index contributed by atoms with van der Waals surface area (Å²) in [5.74, 6) is -0.221. The van der Waals surface area contributed by atoms with Gasteiger partial charge in [-0.15, -0.1) is 0 Å². The number of nitrogens with zero attached hydrogens (tertiary/aromatic N) is 4. The molecule has 2 rings (SSSR count). The van der Waals surface area contributed by atoms with E-state index in [0.29, 0.717) is 6.54 Å². The first-order valence-electron chi connectivity index (χ1n) is 4.76. The standard InChI is InChI=1S/C10H9ClN4O/c11-9-8(13-14-12)10(16)15(9)6-7-4-2-1-3-5-7/h1-5,8-9H,6H2/t8-,9+/m0/s1. The monoisotopic (exact) mass is 236 g/mol. The van der Waals surface area contributed by atoms with Crippen molar-refractivity contribution in [1.29, 1.82) is 0 Å². The Morgan fingerprint density at radius 2 is 2.12 bits per heavy atom. The SMILES string of the molecule is [N-]=[N+]=N[C@@H]1C(=O)N(Cc2ccccc2)[C@H]1Cl. The third-order valence-corrected chi connectivity index (χ3v) is 2.94. The van der Waals surface area contributed by atoms with E-state index in [4.69, 9.17) is 17.1 Å². The fourth-order valence-electron chi connectivity index (χ4n) is 1.60. The number of carbonyl (C=O) groups is 1. The number of halogens is 1. The van der Waals surface area contributed by atoms with Crippen LogP contribution in [-0.4, -0.2) is 22.3 Å². The van der Waals surface area contributed by atoms with E-state index in [1.807, 2.05) is 30.3 Å². The van der Waals surface area contributed by atoms with Gasteiger partial charge in [0.1, 0.15) is 5.50 Å². The van der Waals surface area contributed by atoms with Crippen LogP contribution in [0, 0.1) is 0 Å². The van der Waals surface area contributed by atoms with Gasteiger partial charge < -0.3 is 4.90 Å². The van der Waals surface area contributed by atoms with Crippen LogP contribution in [0.2, 0.25) is 0 Å². The van der Waals surface area contributed by atoms with Crippen LogP contribution in [0.4, 0.5) is 0 Å². The summed E-state index contributed by atoms with van der Waals surface area (Å²) in [7, 11) is 0. The summed E-state index contributed by atoms with van der Waals surface area (Å²) < 4.78 is 0. The van der Waals surface area contributed by atoms with Crippen molar-refractivity contribution in [2.24, 2.45) is 5.11 Å². The predicted molar refractivity (Wildman–Crippen MR) is 59.6 cm³/mol. The molecular weight excluding hydrogens is 228 g/mol. The first-order valence-corrected chi connectivity index (χ1v) is 5.20. The van der Waals surface area contributed by atoms with Crippen LogP contribution in [0.5, 0.6) is 0 Å². The molecule has 0 spiro atoms. The average molecular weight is 237 g/mol. The Bertz CT molecular complexity index is 443. The summed E-state index contributed by atoms with van der Waals surface area (Å²) in [4.78, 5) is 15.6. The molecule has 1 fully saturated rings. The van der Waals surface area contributed by atoms with E-state index >= 15 is 0 Å². The second-order valence-electron chi connectivity index (χ2n) is 3.47. The van der Waals surface area contributed by atoms with Crippen LogP contribution >= 0.6 is 11.6 Å². The van der Waals surface area contributed by atoms with Crippen LogP contribution in [-0.2, 0) is 11.3 Å². The lowest BCUT2D eigenvalue weighted by Gasteiger charge is -2.41. The largest absolute Gasteiger partial charge is 0.320 e. The molecule has 0 saturated carbocycles. The van der Waals surface area contributed by atoms with Gasteiger partial charge in [0.15, 0.2) is 6.04 Å². The van der Waals surface area contributed by atoms with Gasteiger partial charge in [-0.25, -0.2) is 0 Å². The van der Waals surface area contributed by atoms with E-state index in [1.165, 1.54) is 4.90 Å². The topological polar surface area (TPSA) is 69.1 Å². The number of alkyl halides is 1. The normalized spacial score (nSPS) is 23.6. The summed E-state index contributed by atoms with van der Waals surface area (Å²) in [6.45, 7) is 0.450. The van der Waals surface area contributed by atoms with E-state index in [9.17, 15) is 4.79 Å². The minimum Gasteiger partial charge on any atom is -0.320 e. The summed E-state index contributed by atoms with van der Waals surface area (Å²) in [6, 6.07) is 8.77. The van der Waals surface area contributed by atoms with Gasteiger partial charge >= 0.3 is 0 Å². The first-order chi connectivity index (χ1) is 7.74. The van der Waals surface area contributed by atoms with Crippen LogP contribution in [0.15, 0.2) is 35.4 Å². The lowest BCUT2D eigenvalue weighted by Crippen LogP contribution is -2.60. The van der Waals surface area contributed by atoms with Crippen molar-refractivity contribution in [3.63, 3.8) is 0 Å². The number of hydrogen-bond acceptors (Lipinski definition) is 2. The summed E-state index contributed by atoms with van der Waals surface area (Å²) in [5.41, 5.74) is 8.70. The molecular formula is C10H9ClN4O. The maximum absolute atomic E-state index is 11.5. The Balaban J connectivity index is 2.04. The summed E-state index contributed by atoms with van der Waals surface area (Å²) in [6.07, 6.45) is 0. The van der Waals surface area contributed by atoms with E-state index in [1.54, 1.807) is 0 Å². The highest BCUT2D eigenvalue weighted by Crippen LogP contribution is 2.28. The summed E-state index contributed by atoms with van der Waals surface area (Å²) >= 11 is 5.94. The molecule has 6 heteroatoms. The van der Waals surface area contributed by atoms with Gasteiger partial charge in [-0.2, -0.15) is 0 Å². The third kappa shape index (κ3) is 1.83. The maximum atomic E-state index is 11.5. The number of hydrogen-bond donors (Lipinski definition) is 0. The van der Waals surface area contributed by atoms with Gasteiger partial charge in [-0.3, -0.25) is 4.79 Å². The van der Waals surface area contributed by atoms with Crippen molar-refractivity contribution in [2.75, 3.05) is 0 Å². The van der Waals surface area contributed by atoms with E-state index in [2.05, 4.69) is 10.0 Å². The Labute approximate surface area is 97.2 Å². The number of rotatable bonds is 3. The minimum absolute atomic E-state index is 0.221. The van der Waals surface area contributed by atoms with E-state index in [-0.39, 0.29) is 5.91 Å². The zero-order chi connectivity index (χ0) is 11.5. The highest BCUT2D eigenvalue weighted by atomic mass is 35.5. The molecule has 82 valence electrons. The van der Waals surface area contributed by atoms with Crippen molar-refractivity contribution in [1.82, 2.24) is 4.90 Å². The van der Waals surface area contributed by atoms with E-state index < -0.39 is 11.5 Å². The third-order valence-electron chi connectivity index (χ3n) is 2.47. The van der Waals surface area contributed by atoms with E-state index in [0.717, 1.165) is 5.56 Å². The van der Waals surface area contributed by atoms with Crippen LogP contribution in [0.25, 0.3) is 10.4 Å². The van der Waals surface area contributed by atoms with Crippen LogP contribution in [0.3, 0.4) is 0 Å². The molecule has 2 atom stereocenters. The number of azide groups is 1. The molecule has 0 aliphatic carbocycles. The number of β-lactam (4-membered cyclic amide) rings is 1. The lowest BCUT2D eigenvalue weighted by molar-refractivity contribution is -0.145. The zero-order valence-electron chi connectivity index (χ0n) is 8.32. The van der Waals surface area contributed by atoms with Gasteiger partial charge in [0, 0.05) is 11.5 Å². The highest BCUT2D eigenvalue weighted by molar-refractivity contribution is 6.26. The molecule has 0 unspecified atom stereocenters. The number of amides is 1. The Morgan fingerprint density at radius 1 is 1.44 bits per heavy atom. The molecule has 1 saturated heterocycles. The molecule has 0 aromatic heterocycles. The van der Waals surface area contributed by atoms with Crippen LogP contribution < -0.4 is 0 Å². The van der Waals surface area contributed by atoms with Gasteiger partial charge in [0.05, 0.1) is 0 Å². The Morgan fingerprint density at radius 3 is 2.69 bits per heavy atom. The molecule has 16 heavy (non-hydrogen) atoms. The fourth-order valence-corrected chi connectivity index (χ4v) is 1.93. The molecule has 1 aliphatic rings. The van der Waals surface area contributed by atoms with Gasteiger partial charge in [-0.05, 0) is 11.1 Å².